The Morgan fingerprint density at radius 2 is 1.94 bits per heavy atom. The SMILES string of the molecule is COC(=O)COc1cccc2c1c1c(n2Cc2ccc(I)cc2)CCCCC1C(N)=O. The van der Waals surface area contributed by atoms with E-state index in [1.54, 1.807) is 0 Å². The van der Waals surface area contributed by atoms with Gasteiger partial charge >= 0.3 is 5.97 Å². The van der Waals surface area contributed by atoms with Gasteiger partial charge in [0.15, 0.2) is 6.61 Å². The highest BCUT2D eigenvalue weighted by atomic mass is 127. The molecule has 0 saturated heterocycles. The van der Waals surface area contributed by atoms with Crippen LogP contribution in [0.5, 0.6) is 5.75 Å². The number of nitrogens with zero attached hydrogens (tertiary/aromatic N) is 1. The normalized spacial score (nSPS) is 15.9. The zero-order valence-corrected chi connectivity index (χ0v) is 19.6. The van der Waals surface area contributed by atoms with E-state index in [0.717, 1.165) is 47.8 Å². The summed E-state index contributed by atoms with van der Waals surface area (Å²) in [5, 5.41) is 0.873. The zero-order chi connectivity index (χ0) is 22.0. The van der Waals surface area contributed by atoms with E-state index in [1.807, 2.05) is 18.2 Å². The van der Waals surface area contributed by atoms with Crippen LogP contribution in [0.15, 0.2) is 42.5 Å². The van der Waals surface area contributed by atoms with Gasteiger partial charge < -0.3 is 19.8 Å². The third kappa shape index (κ3) is 4.42. The van der Waals surface area contributed by atoms with Crippen molar-refractivity contribution in [2.24, 2.45) is 5.73 Å². The highest BCUT2D eigenvalue weighted by Crippen LogP contribution is 2.42. The topological polar surface area (TPSA) is 83.6 Å². The number of esters is 1. The van der Waals surface area contributed by atoms with Gasteiger partial charge in [-0.1, -0.05) is 24.6 Å². The fourth-order valence-corrected chi connectivity index (χ4v) is 4.79. The van der Waals surface area contributed by atoms with Crippen LogP contribution in [0, 0.1) is 3.57 Å². The molecule has 31 heavy (non-hydrogen) atoms. The molecule has 1 aromatic heterocycles. The Kier molecular flexibility index (Phi) is 6.50. The van der Waals surface area contributed by atoms with Crippen molar-refractivity contribution < 1.29 is 19.1 Å². The summed E-state index contributed by atoms with van der Waals surface area (Å²) < 4.78 is 14.0. The number of carbonyl (C=O) groups is 2. The van der Waals surface area contributed by atoms with Crippen LogP contribution in [0.2, 0.25) is 0 Å². The lowest BCUT2D eigenvalue weighted by Gasteiger charge is -2.14. The average Bonchev–Trinajstić information content (AvgIpc) is 2.92. The van der Waals surface area contributed by atoms with Crippen molar-refractivity contribution in [1.82, 2.24) is 4.57 Å². The fourth-order valence-electron chi connectivity index (χ4n) is 4.43. The molecule has 1 aliphatic carbocycles. The van der Waals surface area contributed by atoms with Crippen molar-refractivity contribution >= 4 is 45.4 Å². The van der Waals surface area contributed by atoms with Gasteiger partial charge in [0.05, 0.1) is 18.5 Å². The lowest BCUT2D eigenvalue weighted by molar-refractivity contribution is -0.142. The summed E-state index contributed by atoms with van der Waals surface area (Å²) in [7, 11) is 1.33. The van der Waals surface area contributed by atoms with Gasteiger partial charge in [-0.3, -0.25) is 4.79 Å². The summed E-state index contributed by atoms with van der Waals surface area (Å²) in [6.45, 7) is 0.503. The van der Waals surface area contributed by atoms with E-state index < -0.39 is 5.97 Å². The monoisotopic (exact) mass is 532 g/mol. The minimum Gasteiger partial charge on any atom is -0.481 e. The molecule has 1 unspecified atom stereocenters. The number of nitrogens with two attached hydrogens (primary N) is 1. The number of fused-ring (bicyclic) bond motifs is 3. The van der Waals surface area contributed by atoms with E-state index in [2.05, 4.69) is 51.4 Å². The number of primary amides is 1. The number of methoxy groups -OCH3 is 1. The number of hydrogen-bond acceptors (Lipinski definition) is 4. The number of carbonyl (C=O) groups excluding carboxylic acids is 2. The number of benzene rings is 2. The fraction of sp³-hybridized carbons (Fsp3) is 0.333. The minimum absolute atomic E-state index is 0.187. The molecule has 4 rings (SSSR count). The van der Waals surface area contributed by atoms with E-state index in [9.17, 15) is 9.59 Å². The second kappa shape index (κ2) is 9.30. The molecule has 0 bridgehead atoms. The number of aromatic nitrogens is 1. The Morgan fingerprint density at radius 3 is 2.65 bits per heavy atom. The Bertz CT molecular complexity index is 1120. The molecule has 2 N–H and O–H groups in total. The summed E-state index contributed by atoms with van der Waals surface area (Å²) in [6, 6.07) is 14.2. The maximum Gasteiger partial charge on any atom is 0.343 e. The average molecular weight is 532 g/mol. The number of hydrogen-bond donors (Lipinski definition) is 1. The van der Waals surface area contributed by atoms with Crippen molar-refractivity contribution in [1.29, 1.82) is 0 Å². The molecule has 1 atom stereocenters. The lowest BCUT2D eigenvalue weighted by Crippen LogP contribution is -2.21. The molecular weight excluding hydrogens is 507 g/mol. The predicted octanol–water partition coefficient (Wildman–Crippen LogP) is 4.14. The van der Waals surface area contributed by atoms with E-state index in [0.29, 0.717) is 12.3 Å². The molecule has 0 saturated carbocycles. The highest BCUT2D eigenvalue weighted by molar-refractivity contribution is 14.1. The predicted molar refractivity (Wildman–Crippen MR) is 127 cm³/mol. The second-order valence-corrected chi connectivity index (χ2v) is 9.03. The molecule has 0 aliphatic heterocycles. The van der Waals surface area contributed by atoms with Crippen LogP contribution in [-0.2, 0) is 27.3 Å². The van der Waals surface area contributed by atoms with Gasteiger partial charge in [0.2, 0.25) is 5.91 Å². The van der Waals surface area contributed by atoms with Crippen LogP contribution in [-0.4, -0.2) is 30.2 Å². The first-order valence-corrected chi connectivity index (χ1v) is 11.4. The third-order valence-electron chi connectivity index (χ3n) is 5.88. The van der Waals surface area contributed by atoms with Crippen molar-refractivity contribution in [3.05, 3.63) is 62.9 Å². The quantitative estimate of drug-likeness (QED) is 0.294. The zero-order valence-electron chi connectivity index (χ0n) is 17.4. The van der Waals surface area contributed by atoms with Gasteiger partial charge in [0.25, 0.3) is 0 Å². The van der Waals surface area contributed by atoms with Gasteiger partial charge in [-0.25, -0.2) is 4.79 Å². The minimum atomic E-state index is -0.451. The largest absolute Gasteiger partial charge is 0.481 e. The molecule has 0 fully saturated rings. The van der Waals surface area contributed by atoms with Crippen molar-refractivity contribution in [2.75, 3.05) is 13.7 Å². The van der Waals surface area contributed by atoms with Crippen molar-refractivity contribution in [3.8, 4) is 5.75 Å². The Labute approximate surface area is 194 Å². The van der Waals surface area contributed by atoms with Crippen LogP contribution in [0.4, 0.5) is 0 Å². The van der Waals surface area contributed by atoms with Crippen LogP contribution in [0.25, 0.3) is 10.9 Å². The van der Waals surface area contributed by atoms with Crippen LogP contribution >= 0.6 is 22.6 Å². The molecule has 0 radical (unpaired) electrons. The molecule has 1 heterocycles. The van der Waals surface area contributed by atoms with E-state index >= 15 is 0 Å². The smallest absolute Gasteiger partial charge is 0.343 e. The van der Waals surface area contributed by atoms with Crippen LogP contribution in [0.3, 0.4) is 0 Å². The Morgan fingerprint density at radius 1 is 1.16 bits per heavy atom. The van der Waals surface area contributed by atoms with E-state index in [4.69, 9.17) is 15.2 Å². The first-order chi connectivity index (χ1) is 15.0. The van der Waals surface area contributed by atoms with Gasteiger partial charge in [-0.2, -0.15) is 0 Å². The maximum absolute atomic E-state index is 12.4. The Balaban J connectivity index is 1.90. The first-order valence-electron chi connectivity index (χ1n) is 10.4. The molecule has 0 spiro atoms. The van der Waals surface area contributed by atoms with Gasteiger partial charge in [0, 0.05) is 21.2 Å². The molecule has 162 valence electrons. The van der Waals surface area contributed by atoms with Gasteiger partial charge in [-0.15, -0.1) is 0 Å². The lowest BCUT2D eigenvalue weighted by atomic mass is 9.92. The summed E-state index contributed by atoms with van der Waals surface area (Å²) in [6.07, 6.45) is 3.53. The van der Waals surface area contributed by atoms with Crippen LogP contribution in [0.1, 0.15) is 42.0 Å². The molecule has 1 amide bonds. The van der Waals surface area contributed by atoms with E-state index in [-0.39, 0.29) is 18.4 Å². The summed E-state index contributed by atoms with van der Waals surface area (Å²) >= 11 is 2.30. The number of ether oxygens (including phenoxy) is 2. The van der Waals surface area contributed by atoms with Crippen molar-refractivity contribution in [3.63, 3.8) is 0 Å². The standard InChI is InChI=1S/C24H25IN2O4/c1-30-21(28)14-31-20-8-4-7-19-23(20)22-17(24(26)29)5-2-3-6-18(22)27(19)13-15-9-11-16(25)12-10-15/h4,7-12,17H,2-3,5-6,13-14H2,1H3,(H2,26,29). The van der Waals surface area contributed by atoms with Gasteiger partial charge in [0.1, 0.15) is 5.75 Å². The van der Waals surface area contributed by atoms with Crippen molar-refractivity contribution in [2.45, 2.75) is 38.1 Å². The second-order valence-electron chi connectivity index (χ2n) is 7.79. The third-order valence-corrected chi connectivity index (χ3v) is 6.60. The summed E-state index contributed by atoms with van der Waals surface area (Å²) in [4.78, 5) is 24.1. The van der Waals surface area contributed by atoms with Crippen LogP contribution < -0.4 is 10.5 Å². The highest BCUT2D eigenvalue weighted by Gasteiger charge is 2.31. The van der Waals surface area contributed by atoms with E-state index in [1.165, 1.54) is 16.2 Å². The maximum atomic E-state index is 12.4. The molecular formula is C24H25IN2O4. The molecule has 7 heteroatoms. The molecule has 6 nitrogen and oxygen atoms in total. The molecule has 2 aromatic carbocycles. The molecule has 3 aromatic rings. The summed E-state index contributed by atoms with van der Waals surface area (Å²) in [5.74, 6) is -0.568. The number of halogens is 1. The number of rotatable bonds is 6. The van der Waals surface area contributed by atoms with Gasteiger partial charge in [-0.05, 0) is 77.2 Å². The number of amides is 1. The summed E-state index contributed by atoms with van der Waals surface area (Å²) in [5.41, 5.74) is 10.1. The Hall–Kier alpha value is -2.55. The molecule has 1 aliphatic rings. The first kappa shape index (κ1) is 21.7.